The van der Waals surface area contributed by atoms with Gasteiger partial charge in [-0.25, -0.2) is 0 Å². The Kier molecular flexibility index (Phi) is 6.09. The molecule has 0 saturated carbocycles. The maximum Gasteiger partial charge on any atom is 0.239 e. The molecule has 6 heteroatoms. The third-order valence-electron chi connectivity index (χ3n) is 3.87. The van der Waals surface area contributed by atoms with E-state index in [9.17, 15) is 9.59 Å². The van der Waals surface area contributed by atoms with E-state index in [1.807, 2.05) is 31.2 Å². The Morgan fingerprint density at radius 1 is 1.04 bits per heavy atom. The van der Waals surface area contributed by atoms with Gasteiger partial charge in [-0.15, -0.1) is 0 Å². The van der Waals surface area contributed by atoms with Crippen LogP contribution >= 0.6 is 23.2 Å². The maximum absolute atomic E-state index is 12.5. The summed E-state index contributed by atoms with van der Waals surface area (Å²) in [5, 5.41) is 6.04. The van der Waals surface area contributed by atoms with E-state index in [1.54, 1.807) is 32.0 Å². The normalized spacial score (nSPS) is 11.1. The highest BCUT2D eigenvalue weighted by atomic mass is 35.5. The van der Waals surface area contributed by atoms with E-state index in [-0.39, 0.29) is 10.9 Å². The van der Waals surface area contributed by atoms with E-state index in [2.05, 4.69) is 10.6 Å². The third kappa shape index (κ3) is 4.74. The molecule has 25 heavy (non-hydrogen) atoms. The van der Waals surface area contributed by atoms with Gasteiger partial charge >= 0.3 is 0 Å². The van der Waals surface area contributed by atoms with Gasteiger partial charge < -0.3 is 10.6 Å². The Hall–Kier alpha value is -2.04. The number of carbonyl (C=O) groups is 2. The van der Waals surface area contributed by atoms with Crippen molar-refractivity contribution in [3.05, 3.63) is 63.6 Å². The minimum Gasteiger partial charge on any atom is -0.351 e. The first-order valence-electron chi connectivity index (χ1n) is 7.81. The molecule has 0 aliphatic carbocycles. The van der Waals surface area contributed by atoms with Gasteiger partial charge in [0, 0.05) is 6.54 Å². The molecule has 0 atom stereocenters. The monoisotopic (exact) mass is 378 g/mol. The molecule has 2 N–H and O–H groups in total. The molecule has 0 bridgehead atoms. The van der Waals surface area contributed by atoms with Gasteiger partial charge in [-0.05, 0) is 38.5 Å². The summed E-state index contributed by atoms with van der Waals surface area (Å²) in [6, 6.07) is 12.7. The van der Waals surface area contributed by atoms with Crippen molar-refractivity contribution in [3.8, 4) is 0 Å². The van der Waals surface area contributed by atoms with Crippen LogP contribution in [0.25, 0.3) is 0 Å². The molecule has 0 unspecified atom stereocenters. The van der Waals surface area contributed by atoms with Crippen LogP contribution in [0.15, 0.2) is 42.5 Å². The van der Waals surface area contributed by atoms with Gasteiger partial charge in [0.05, 0.1) is 15.7 Å². The van der Waals surface area contributed by atoms with Crippen molar-refractivity contribution < 1.29 is 9.59 Å². The van der Waals surface area contributed by atoms with E-state index in [0.717, 1.165) is 11.1 Å². The van der Waals surface area contributed by atoms with Gasteiger partial charge in [0.2, 0.25) is 11.8 Å². The topological polar surface area (TPSA) is 58.2 Å². The molecule has 0 aliphatic rings. The van der Waals surface area contributed by atoms with Crippen LogP contribution < -0.4 is 10.6 Å². The molecule has 0 saturated heterocycles. The number of anilines is 1. The van der Waals surface area contributed by atoms with Crippen molar-refractivity contribution in [3.63, 3.8) is 0 Å². The zero-order valence-corrected chi connectivity index (χ0v) is 15.8. The molecule has 2 aromatic rings. The molecule has 2 aromatic carbocycles. The second-order valence-electron chi connectivity index (χ2n) is 6.35. The zero-order chi connectivity index (χ0) is 18.6. The first-order valence-corrected chi connectivity index (χ1v) is 8.56. The minimum absolute atomic E-state index is 0.244. The number of aryl methyl sites for hydroxylation is 1. The Bertz CT molecular complexity index is 804. The molecule has 0 aromatic heterocycles. The first-order chi connectivity index (χ1) is 11.7. The standard InChI is InChI=1S/C19H20Cl2N2O2/c1-12-6-4-7-13(10-12)11-22-17(24)19(2,3)18(25)23-15-9-5-8-14(20)16(15)21/h4-10H,11H2,1-3H3,(H,22,24)(H,23,25). The van der Waals surface area contributed by atoms with E-state index in [1.165, 1.54) is 0 Å². The van der Waals surface area contributed by atoms with E-state index in [0.29, 0.717) is 17.3 Å². The molecule has 132 valence electrons. The highest BCUT2D eigenvalue weighted by Crippen LogP contribution is 2.31. The Morgan fingerprint density at radius 2 is 1.72 bits per heavy atom. The molecule has 2 rings (SSSR count). The number of nitrogens with one attached hydrogen (secondary N) is 2. The number of halogens is 2. The highest BCUT2D eigenvalue weighted by Gasteiger charge is 2.36. The molecule has 2 amide bonds. The summed E-state index contributed by atoms with van der Waals surface area (Å²) >= 11 is 12.0. The summed E-state index contributed by atoms with van der Waals surface area (Å²) in [7, 11) is 0. The van der Waals surface area contributed by atoms with Crippen molar-refractivity contribution in [2.24, 2.45) is 5.41 Å². The van der Waals surface area contributed by atoms with E-state index >= 15 is 0 Å². The minimum atomic E-state index is -1.27. The van der Waals surface area contributed by atoms with E-state index in [4.69, 9.17) is 23.2 Å². The molecular formula is C19H20Cl2N2O2. The van der Waals surface area contributed by atoms with Crippen LogP contribution in [0.4, 0.5) is 5.69 Å². The predicted octanol–water partition coefficient (Wildman–Crippen LogP) is 4.58. The summed E-state index contributed by atoms with van der Waals surface area (Å²) in [6.07, 6.45) is 0. The number of carbonyl (C=O) groups excluding carboxylic acids is 2. The Labute approximate surface area is 157 Å². The smallest absolute Gasteiger partial charge is 0.239 e. The van der Waals surface area contributed by atoms with Gasteiger partial charge in [-0.3, -0.25) is 9.59 Å². The summed E-state index contributed by atoms with van der Waals surface area (Å²) in [4.78, 5) is 25.0. The van der Waals surface area contributed by atoms with Crippen molar-refractivity contribution in [1.29, 1.82) is 0 Å². The van der Waals surface area contributed by atoms with Gasteiger partial charge in [-0.1, -0.05) is 59.1 Å². The SMILES string of the molecule is Cc1cccc(CNC(=O)C(C)(C)C(=O)Nc2cccc(Cl)c2Cl)c1. The van der Waals surface area contributed by atoms with Gasteiger partial charge in [0.1, 0.15) is 5.41 Å². The molecule has 0 fully saturated rings. The lowest BCUT2D eigenvalue weighted by atomic mass is 9.90. The Morgan fingerprint density at radius 3 is 2.40 bits per heavy atom. The molecular weight excluding hydrogens is 359 g/mol. The van der Waals surface area contributed by atoms with E-state index < -0.39 is 11.3 Å². The zero-order valence-electron chi connectivity index (χ0n) is 14.3. The molecule has 0 heterocycles. The fourth-order valence-electron chi connectivity index (χ4n) is 2.21. The van der Waals surface area contributed by atoms with Crippen LogP contribution in [-0.2, 0) is 16.1 Å². The Balaban J connectivity index is 2.04. The van der Waals surface area contributed by atoms with Crippen molar-refractivity contribution >= 4 is 40.7 Å². The van der Waals surface area contributed by atoms with Crippen molar-refractivity contribution in [2.75, 3.05) is 5.32 Å². The number of amides is 2. The van der Waals surface area contributed by atoms with Crippen molar-refractivity contribution in [2.45, 2.75) is 27.3 Å². The van der Waals surface area contributed by atoms with Crippen LogP contribution in [0.1, 0.15) is 25.0 Å². The fraction of sp³-hybridized carbons (Fsp3) is 0.263. The molecule has 0 radical (unpaired) electrons. The van der Waals surface area contributed by atoms with Crippen LogP contribution in [0, 0.1) is 12.3 Å². The summed E-state index contributed by atoms with van der Waals surface area (Å²) in [6.45, 7) is 5.46. The number of hydrogen-bond donors (Lipinski definition) is 2. The predicted molar refractivity (Wildman–Crippen MR) is 102 cm³/mol. The quantitative estimate of drug-likeness (QED) is 0.747. The lowest BCUT2D eigenvalue weighted by Crippen LogP contribution is -2.44. The number of hydrogen-bond acceptors (Lipinski definition) is 2. The second kappa shape index (κ2) is 7.89. The highest BCUT2D eigenvalue weighted by molar-refractivity contribution is 6.44. The molecule has 0 aliphatic heterocycles. The first kappa shape index (κ1) is 19.3. The average Bonchev–Trinajstić information content (AvgIpc) is 2.56. The van der Waals surface area contributed by atoms with Crippen LogP contribution in [-0.4, -0.2) is 11.8 Å². The van der Waals surface area contributed by atoms with Gasteiger partial charge in [0.15, 0.2) is 0 Å². The maximum atomic E-state index is 12.5. The fourth-order valence-corrected chi connectivity index (χ4v) is 2.56. The number of rotatable bonds is 5. The number of benzene rings is 2. The van der Waals surface area contributed by atoms with Gasteiger partial charge in [0.25, 0.3) is 0 Å². The summed E-state index contributed by atoms with van der Waals surface area (Å²) in [5.41, 5.74) is 1.19. The molecule has 0 spiro atoms. The van der Waals surface area contributed by atoms with Gasteiger partial charge in [-0.2, -0.15) is 0 Å². The van der Waals surface area contributed by atoms with Crippen LogP contribution in [0.3, 0.4) is 0 Å². The third-order valence-corrected chi connectivity index (χ3v) is 4.69. The summed E-state index contributed by atoms with van der Waals surface area (Å²) < 4.78 is 0. The van der Waals surface area contributed by atoms with Crippen molar-refractivity contribution in [1.82, 2.24) is 5.32 Å². The van der Waals surface area contributed by atoms with Crippen LogP contribution in [0.5, 0.6) is 0 Å². The lowest BCUT2D eigenvalue weighted by Gasteiger charge is -2.23. The average molecular weight is 379 g/mol. The molecule has 4 nitrogen and oxygen atoms in total. The largest absolute Gasteiger partial charge is 0.351 e. The second-order valence-corrected chi connectivity index (χ2v) is 7.14. The lowest BCUT2D eigenvalue weighted by molar-refractivity contribution is -0.138. The summed E-state index contributed by atoms with van der Waals surface area (Å²) in [5.74, 6) is -0.830. The van der Waals surface area contributed by atoms with Crippen LogP contribution in [0.2, 0.25) is 10.0 Å².